The van der Waals surface area contributed by atoms with Crippen LogP contribution in [0.25, 0.3) is 0 Å². The van der Waals surface area contributed by atoms with Crippen molar-refractivity contribution in [2.24, 2.45) is 7.05 Å². The van der Waals surface area contributed by atoms with E-state index in [1.807, 2.05) is 0 Å². The van der Waals surface area contributed by atoms with Gasteiger partial charge in [-0.1, -0.05) is 0 Å². The van der Waals surface area contributed by atoms with Crippen molar-refractivity contribution in [3.05, 3.63) is 17.2 Å². The third-order valence-corrected chi connectivity index (χ3v) is 2.35. The number of rotatable bonds is 0. The molecule has 0 atom stereocenters. The Bertz CT molecular complexity index is 280. The summed E-state index contributed by atoms with van der Waals surface area (Å²) in [6, 6.07) is 0. The van der Waals surface area contributed by atoms with Gasteiger partial charge in [0.25, 0.3) is 0 Å². The summed E-state index contributed by atoms with van der Waals surface area (Å²) in [5.74, 6) is 1.12. The van der Waals surface area contributed by atoms with Gasteiger partial charge in [0, 0.05) is 26.6 Å². The molecule has 0 unspecified atom stereocenters. The van der Waals surface area contributed by atoms with E-state index in [4.69, 9.17) is 0 Å². The van der Waals surface area contributed by atoms with Crippen molar-refractivity contribution >= 4 is 12.4 Å². The van der Waals surface area contributed by atoms with Crippen LogP contribution in [0.5, 0.6) is 0 Å². The zero-order valence-electron chi connectivity index (χ0n) is 7.42. The quantitative estimate of drug-likeness (QED) is 0.651. The average Bonchev–Trinajstić information content (AvgIpc) is 2.30. The van der Waals surface area contributed by atoms with Crippen LogP contribution in [0.3, 0.4) is 0 Å². The number of fused-ring (bicyclic) bond motifs is 1. The first-order valence-corrected chi connectivity index (χ1v) is 4.01. The molecule has 0 spiro atoms. The summed E-state index contributed by atoms with van der Waals surface area (Å²) >= 11 is 0. The molecule has 1 N–H and O–H groups in total. The van der Waals surface area contributed by atoms with Crippen LogP contribution >= 0.6 is 12.4 Å². The molecule has 0 fully saturated rings. The summed E-state index contributed by atoms with van der Waals surface area (Å²) in [6.45, 7) is 4.11. The van der Waals surface area contributed by atoms with Gasteiger partial charge in [0.05, 0.1) is 11.4 Å². The van der Waals surface area contributed by atoms with Gasteiger partial charge in [-0.15, -0.1) is 12.4 Å². The Morgan fingerprint density at radius 2 is 2.25 bits per heavy atom. The first kappa shape index (κ1) is 9.55. The number of nitrogens with zero attached hydrogens (tertiary/aromatic N) is 2. The van der Waals surface area contributed by atoms with Gasteiger partial charge in [-0.05, 0) is 6.92 Å². The van der Waals surface area contributed by atoms with Crippen LogP contribution in [-0.2, 0) is 20.0 Å². The number of halogens is 1. The fourth-order valence-corrected chi connectivity index (χ4v) is 1.56. The molecule has 4 heteroatoms. The normalized spacial score (nSPS) is 15.2. The molecular weight excluding hydrogens is 174 g/mol. The van der Waals surface area contributed by atoms with E-state index >= 15 is 0 Å². The van der Waals surface area contributed by atoms with Gasteiger partial charge in [-0.2, -0.15) is 0 Å². The zero-order chi connectivity index (χ0) is 7.84. The van der Waals surface area contributed by atoms with Gasteiger partial charge < -0.3 is 9.88 Å². The number of hydrogen-bond donors (Lipinski definition) is 1. The van der Waals surface area contributed by atoms with E-state index < -0.39 is 0 Å². The summed E-state index contributed by atoms with van der Waals surface area (Å²) in [5.41, 5.74) is 2.64. The number of aromatic nitrogens is 2. The van der Waals surface area contributed by atoms with E-state index in [1.54, 1.807) is 0 Å². The lowest BCUT2D eigenvalue weighted by Crippen LogP contribution is -2.24. The number of nitrogens with one attached hydrogen (secondary N) is 1. The third-order valence-electron chi connectivity index (χ3n) is 2.35. The highest BCUT2D eigenvalue weighted by Gasteiger charge is 2.14. The van der Waals surface area contributed by atoms with Gasteiger partial charge in [-0.25, -0.2) is 4.98 Å². The molecule has 0 aliphatic carbocycles. The Morgan fingerprint density at radius 1 is 1.50 bits per heavy atom. The van der Waals surface area contributed by atoms with Crippen molar-refractivity contribution < 1.29 is 0 Å². The van der Waals surface area contributed by atoms with Crippen LogP contribution in [0.2, 0.25) is 0 Å². The van der Waals surface area contributed by atoms with E-state index in [9.17, 15) is 0 Å². The van der Waals surface area contributed by atoms with Crippen LogP contribution in [-0.4, -0.2) is 16.1 Å². The van der Waals surface area contributed by atoms with E-state index in [0.29, 0.717) is 0 Å². The molecule has 0 amide bonds. The van der Waals surface area contributed by atoms with E-state index in [1.165, 1.54) is 11.4 Å². The van der Waals surface area contributed by atoms with Gasteiger partial charge >= 0.3 is 0 Å². The maximum atomic E-state index is 4.47. The second-order valence-electron chi connectivity index (χ2n) is 3.04. The Kier molecular flexibility index (Phi) is 2.75. The first-order chi connectivity index (χ1) is 5.29. The topological polar surface area (TPSA) is 29.9 Å². The molecule has 1 aromatic rings. The summed E-state index contributed by atoms with van der Waals surface area (Å²) in [4.78, 5) is 4.47. The molecule has 1 aliphatic heterocycles. The minimum Gasteiger partial charge on any atom is -0.334 e. The summed E-state index contributed by atoms with van der Waals surface area (Å²) in [6.07, 6.45) is 1.08. The van der Waals surface area contributed by atoms with Crippen LogP contribution in [0.1, 0.15) is 17.2 Å². The van der Waals surface area contributed by atoms with Crippen molar-refractivity contribution in [1.29, 1.82) is 0 Å². The van der Waals surface area contributed by atoms with Crippen LogP contribution < -0.4 is 5.32 Å². The lowest BCUT2D eigenvalue weighted by molar-refractivity contribution is 0.605. The Hall–Kier alpha value is -0.540. The number of hydrogen-bond acceptors (Lipinski definition) is 2. The van der Waals surface area contributed by atoms with Crippen molar-refractivity contribution in [1.82, 2.24) is 14.9 Å². The van der Waals surface area contributed by atoms with Gasteiger partial charge in [0.2, 0.25) is 0 Å². The Balaban J connectivity index is 0.000000720. The van der Waals surface area contributed by atoms with Crippen molar-refractivity contribution in [2.75, 3.05) is 6.54 Å². The second kappa shape index (κ2) is 3.46. The Labute approximate surface area is 78.6 Å². The highest BCUT2D eigenvalue weighted by atomic mass is 35.5. The smallest absolute Gasteiger partial charge is 0.105 e. The molecule has 1 aromatic heterocycles. The van der Waals surface area contributed by atoms with Crippen molar-refractivity contribution in [2.45, 2.75) is 19.9 Å². The Morgan fingerprint density at radius 3 is 2.92 bits per heavy atom. The SMILES string of the molecule is Cc1nc2c(n1C)CNCC2.Cl. The second-order valence-corrected chi connectivity index (χ2v) is 3.04. The largest absolute Gasteiger partial charge is 0.334 e. The summed E-state index contributed by atoms with van der Waals surface area (Å²) in [5, 5.41) is 3.33. The predicted octanol–water partition coefficient (Wildman–Crippen LogP) is 0.796. The molecule has 0 aromatic carbocycles. The predicted molar refractivity (Wildman–Crippen MR) is 50.6 cm³/mol. The standard InChI is InChI=1S/C8H13N3.ClH/c1-6-10-7-3-4-9-5-8(7)11(6)2;/h9H,3-5H2,1-2H3;1H. The zero-order valence-corrected chi connectivity index (χ0v) is 8.24. The fourth-order valence-electron chi connectivity index (χ4n) is 1.56. The number of imidazole rings is 1. The first-order valence-electron chi connectivity index (χ1n) is 4.01. The summed E-state index contributed by atoms with van der Waals surface area (Å²) in [7, 11) is 2.08. The van der Waals surface area contributed by atoms with E-state index in [2.05, 4.69) is 28.8 Å². The lowest BCUT2D eigenvalue weighted by atomic mass is 10.2. The van der Waals surface area contributed by atoms with E-state index in [0.717, 1.165) is 25.3 Å². The highest BCUT2D eigenvalue weighted by Crippen LogP contribution is 2.12. The van der Waals surface area contributed by atoms with Crippen LogP contribution in [0.4, 0.5) is 0 Å². The minimum atomic E-state index is 0. The third kappa shape index (κ3) is 1.34. The number of aryl methyl sites for hydroxylation is 1. The molecule has 2 heterocycles. The lowest BCUT2D eigenvalue weighted by Gasteiger charge is -2.12. The molecule has 0 radical (unpaired) electrons. The van der Waals surface area contributed by atoms with E-state index in [-0.39, 0.29) is 12.4 Å². The van der Waals surface area contributed by atoms with Gasteiger partial charge in [-0.3, -0.25) is 0 Å². The highest BCUT2D eigenvalue weighted by molar-refractivity contribution is 5.85. The molecule has 68 valence electrons. The molecule has 2 rings (SSSR count). The van der Waals surface area contributed by atoms with Gasteiger partial charge in [0.15, 0.2) is 0 Å². The minimum absolute atomic E-state index is 0. The van der Waals surface area contributed by atoms with Crippen LogP contribution in [0, 0.1) is 6.92 Å². The molecular formula is C8H14ClN3. The molecule has 0 saturated carbocycles. The van der Waals surface area contributed by atoms with Crippen molar-refractivity contribution in [3.8, 4) is 0 Å². The summed E-state index contributed by atoms with van der Waals surface area (Å²) < 4.78 is 2.17. The van der Waals surface area contributed by atoms with Crippen molar-refractivity contribution in [3.63, 3.8) is 0 Å². The van der Waals surface area contributed by atoms with Gasteiger partial charge in [0.1, 0.15) is 5.82 Å². The molecule has 12 heavy (non-hydrogen) atoms. The fraction of sp³-hybridized carbons (Fsp3) is 0.625. The molecule has 3 nitrogen and oxygen atoms in total. The molecule has 1 aliphatic rings. The molecule has 0 saturated heterocycles. The molecule has 0 bridgehead atoms. The monoisotopic (exact) mass is 187 g/mol. The maximum absolute atomic E-state index is 4.47. The average molecular weight is 188 g/mol. The maximum Gasteiger partial charge on any atom is 0.105 e. The van der Waals surface area contributed by atoms with Crippen LogP contribution in [0.15, 0.2) is 0 Å².